The first-order valence-corrected chi connectivity index (χ1v) is 9.88. The Hall–Kier alpha value is -1.09. The van der Waals surface area contributed by atoms with Crippen LogP contribution in [0, 0.1) is 17.8 Å². The molecular formula is C21H34O3. The summed E-state index contributed by atoms with van der Waals surface area (Å²) in [6.07, 6.45) is 18.1. The Morgan fingerprint density at radius 2 is 2.08 bits per heavy atom. The summed E-state index contributed by atoms with van der Waals surface area (Å²) in [4.78, 5) is 10.6. The van der Waals surface area contributed by atoms with Gasteiger partial charge in [-0.05, 0) is 56.8 Å². The van der Waals surface area contributed by atoms with Gasteiger partial charge in [-0.15, -0.1) is 0 Å². The van der Waals surface area contributed by atoms with Gasteiger partial charge in [0.25, 0.3) is 0 Å². The van der Waals surface area contributed by atoms with Gasteiger partial charge in [0.2, 0.25) is 0 Å². The number of carboxylic acids is 1. The van der Waals surface area contributed by atoms with Crippen LogP contribution < -0.4 is 0 Å². The molecular weight excluding hydrogens is 300 g/mol. The zero-order valence-electron chi connectivity index (χ0n) is 15.1. The number of rotatable bonds is 11. The molecule has 0 aliphatic heterocycles. The van der Waals surface area contributed by atoms with E-state index >= 15 is 0 Å². The number of carboxylic acid groups (broad SMARTS) is 1. The van der Waals surface area contributed by atoms with E-state index in [-0.39, 0.29) is 12.5 Å². The molecule has 3 heteroatoms. The molecule has 0 radical (unpaired) electrons. The normalized spacial score (nSPS) is 29.2. The van der Waals surface area contributed by atoms with Crippen molar-refractivity contribution in [2.45, 2.75) is 83.7 Å². The van der Waals surface area contributed by atoms with Crippen molar-refractivity contribution in [3.63, 3.8) is 0 Å². The fraction of sp³-hybridized carbons (Fsp3) is 0.762. The SMILES string of the molecule is CCCCCC/C=C/[C@@H]1[C@H]2CC(CCCCC(=O)O)=C[C@H]2C[C@H]1O. The Morgan fingerprint density at radius 1 is 1.25 bits per heavy atom. The molecule has 24 heavy (non-hydrogen) atoms. The highest BCUT2D eigenvalue weighted by molar-refractivity contribution is 5.66. The number of allylic oxidation sites excluding steroid dienone is 3. The molecule has 0 aromatic rings. The van der Waals surface area contributed by atoms with Gasteiger partial charge < -0.3 is 10.2 Å². The molecule has 0 spiro atoms. The second-order valence-electron chi connectivity index (χ2n) is 7.62. The van der Waals surface area contributed by atoms with E-state index in [9.17, 15) is 9.90 Å². The van der Waals surface area contributed by atoms with Gasteiger partial charge in [-0.2, -0.15) is 0 Å². The first-order valence-electron chi connectivity index (χ1n) is 9.88. The monoisotopic (exact) mass is 334 g/mol. The molecule has 3 nitrogen and oxygen atoms in total. The Morgan fingerprint density at radius 3 is 2.83 bits per heavy atom. The van der Waals surface area contributed by atoms with Crippen LogP contribution in [-0.4, -0.2) is 22.3 Å². The molecule has 136 valence electrons. The van der Waals surface area contributed by atoms with Gasteiger partial charge in [-0.25, -0.2) is 0 Å². The largest absolute Gasteiger partial charge is 0.481 e. The van der Waals surface area contributed by atoms with E-state index in [0.29, 0.717) is 17.8 Å². The lowest BCUT2D eigenvalue weighted by molar-refractivity contribution is -0.137. The molecule has 2 aliphatic rings. The summed E-state index contributed by atoms with van der Waals surface area (Å²) < 4.78 is 0. The molecule has 2 N–H and O–H groups in total. The van der Waals surface area contributed by atoms with Crippen LogP contribution in [0.1, 0.15) is 77.6 Å². The molecule has 0 aromatic carbocycles. The molecule has 0 aromatic heterocycles. The van der Waals surface area contributed by atoms with Crippen LogP contribution in [0.2, 0.25) is 0 Å². The molecule has 0 bridgehead atoms. The van der Waals surface area contributed by atoms with Crippen molar-refractivity contribution in [2.24, 2.45) is 17.8 Å². The maximum atomic E-state index is 10.6. The number of aliphatic carboxylic acids is 1. The van der Waals surface area contributed by atoms with Crippen molar-refractivity contribution in [3.05, 3.63) is 23.8 Å². The van der Waals surface area contributed by atoms with Crippen LogP contribution in [0.5, 0.6) is 0 Å². The standard InChI is InChI=1S/C21H34O3/c1-2-3-4-5-6-7-11-18-19-14-16(10-8-9-12-21(23)24)13-17(19)15-20(18)22/h7,11,13,17-20,22H,2-6,8-10,12,14-15H2,1H3,(H,23,24)/b11-7+/t17-,18+,19-,20+/m0/s1. The van der Waals surface area contributed by atoms with E-state index in [1.807, 2.05) is 0 Å². The summed E-state index contributed by atoms with van der Waals surface area (Å²) in [5.74, 6) is 0.721. The topological polar surface area (TPSA) is 57.5 Å². The van der Waals surface area contributed by atoms with Crippen LogP contribution in [0.4, 0.5) is 0 Å². The van der Waals surface area contributed by atoms with Gasteiger partial charge in [0.05, 0.1) is 6.10 Å². The fourth-order valence-electron chi connectivity index (χ4n) is 4.36. The van der Waals surface area contributed by atoms with Crippen LogP contribution >= 0.6 is 0 Å². The lowest BCUT2D eigenvalue weighted by Crippen LogP contribution is -2.17. The second-order valence-corrected chi connectivity index (χ2v) is 7.62. The summed E-state index contributed by atoms with van der Waals surface area (Å²) in [7, 11) is 0. The Kier molecular flexibility index (Phi) is 8.04. The third-order valence-corrected chi connectivity index (χ3v) is 5.67. The first-order chi connectivity index (χ1) is 11.6. The number of aliphatic hydroxyl groups excluding tert-OH is 1. The van der Waals surface area contributed by atoms with Gasteiger partial charge >= 0.3 is 5.97 Å². The second kappa shape index (κ2) is 10.0. The molecule has 2 rings (SSSR count). The van der Waals surface area contributed by atoms with Gasteiger partial charge in [0.1, 0.15) is 0 Å². The Labute approximate surface area is 146 Å². The maximum Gasteiger partial charge on any atom is 0.303 e. The number of hydrogen-bond donors (Lipinski definition) is 2. The van der Waals surface area contributed by atoms with Gasteiger partial charge in [0, 0.05) is 12.3 Å². The van der Waals surface area contributed by atoms with Gasteiger partial charge in [-0.3, -0.25) is 4.79 Å². The number of fused-ring (bicyclic) bond motifs is 1. The van der Waals surface area contributed by atoms with Crippen LogP contribution in [0.15, 0.2) is 23.8 Å². The minimum Gasteiger partial charge on any atom is -0.481 e. The third-order valence-electron chi connectivity index (χ3n) is 5.67. The summed E-state index contributed by atoms with van der Waals surface area (Å²) >= 11 is 0. The molecule has 2 aliphatic carbocycles. The van der Waals surface area contributed by atoms with Gasteiger partial charge in [0.15, 0.2) is 0 Å². The molecule has 4 atom stereocenters. The van der Waals surface area contributed by atoms with E-state index in [4.69, 9.17) is 5.11 Å². The fourth-order valence-corrected chi connectivity index (χ4v) is 4.36. The lowest BCUT2D eigenvalue weighted by atomic mass is 9.88. The molecule has 0 unspecified atom stereocenters. The molecule has 1 saturated carbocycles. The summed E-state index contributed by atoms with van der Waals surface area (Å²) in [6.45, 7) is 2.23. The van der Waals surface area contributed by atoms with Crippen LogP contribution in [-0.2, 0) is 4.79 Å². The molecule has 0 amide bonds. The number of unbranched alkanes of at least 4 members (excludes halogenated alkanes) is 5. The predicted octanol–water partition coefficient (Wildman–Crippen LogP) is 5.10. The summed E-state index contributed by atoms with van der Waals surface area (Å²) in [5.41, 5.74) is 1.49. The average molecular weight is 334 g/mol. The van der Waals surface area contributed by atoms with E-state index < -0.39 is 5.97 Å². The van der Waals surface area contributed by atoms with E-state index in [1.54, 1.807) is 0 Å². The predicted molar refractivity (Wildman–Crippen MR) is 97.8 cm³/mol. The minimum atomic E-state index is -0.695. The smallest absolute Gasteiger partial charge is 0.303 e. The molecule has 1 fully saturated rings. The number of hydrogen-bond acceptors (Lipinski definition) is 2. The third kappa shape index (κ3) is 5.77. The van der Waals surface area contributed by atoms with Gasteiger partial charge in [-0.1, -0.05) is 50.0 Å². The molecule has 0 heterocycles. The summed E-state index contributed by atoms with van der Waals surface area (Å²) in [5, 5.41) is 19.1. The van der Waals surface area contributed by atoms with Crippen molar-refractivity contribution < 1.29 is 15.0 Å². The highest BCUT2D eigenvalue weighted by Gasteiger charge is 2.42. The van der Waals surface area contributed by atoms with Crippen molar-refractivity contribution in [2.75, 3.05) is 0 Å². The summed E-state index contributed by atoms with van der Waals surface area (Å²) in [6, 6.07) is 0. The lowest BCUT2D eigenvalue weighted by Gasteiger charge is -2.18. The van der Waals surface area contributed by atoms with E-state index in [0.717, 1.165) is 38.5 Å². The van der Waals surface area contributed by atoms with Crippen molar-refractivity contribution in [3.8, 4) is 0 Å². The van der Waals surface area contributed by atoms with Crippen molar-refractivity contribution in [1.29, 1.82) is 0 Å². The Bertz CT molecular complexity index is 452. The highest BCUT2D eigenvalue weighted by Crippen LogP contribution is 2.48. The molecule has 0 saturated heterocycles. The zero-order valence-corrected chi connectivity index (χ0v) is 15.1. The van der Waals surface area contributed by atoms with Crippen molar-refractivity contribution in [1.82, 2.24) is 0 Å². The van der Waals surface area contributed by atoms with Crippen molar-refractivity contribution >= 4 is 5.97 Å². The first kappa shape index (κ1) is 19.2. The average Bonchev–Trinajstić information content (AvgIpc) is 3.04. The quantitative estimate of drug-likeness (QED) is 0.408. The maximum absolute atomic E-state index is 10.6. The van der Waals surface area contributed by atoms with Crippen LogP contribution in [0.3, 0.4) is 0 Å². The zero-order chi connectivity index (χ0) is 17.4. The highest BCUT2D eigenvalue weighted by atomic mass is 16.4. The number of carbonyl (C=O) groups is 1. The Balaban J connectivity index is 1.73. The minimum absolute atomic E-state index is 0.184. The van der Waals surface area contributed by atoms with E-state index in [1.165, 1.54) is 31.3 Å². The van der Waals surface area contributed by atoms with E-state index in [2.05, 4.69) is 25.2 Å². The van der Waals surface area contributed by atoms with Crippen LogP contribution in [0.25, 0.3) is 0 Å². The number of aliphatic hydroxyl groups is 1.